The maximum Gasteiger partial charge on any atom is 0.147 e. The summed E-state index contributed by atoms with van der Waals surface area (Å²) in [6, 6.07) is 10.8. The second-order valence-electron chi connectivity index (χ2n) is 4.66. The minimum Gasteiger partial charge on any atom is -0.398 e. The highest BCUT2D eigenvalue weighted by molar-refractivity contribution is 6.79. The molecule has 0 aromatic heterocycles. The van der Waals surface area contributed by atoms with E-state index in [1.165, 1.54) is 18.7 Å². The van der Waals surface area contributed by atoms with Gasteiger partial charge in [0.2, 0.25) is 0 Å². The standard InChI is InChI=1S/C12H21NSi/c1-5-11-13(14(2,3)4)12-9-7-6-8-10-12/h6-10H,5,11H2,1-4H3. The highest BCUT2D eigenvalue weighted by atomic mass is 28.3. The van der Waals surface area contributed by atoms with E-state index in [1.54, 1.807) is 0 Å². The fourth-order valence-electron chi connectivity index (χ4n) is 1.68. The molecule has 0 fully saturated rings. The van der Waals surface area contributed by atoms with Crippen molar-refractivity contribution in [2.75, 3.05) is 11.1 Å². The van der Waals surface area contributed by atoms with Crippen molar-refractivity contribution in [2.24, 2.45) is 0 Å². The average molecular weight is 207 g/mol. The van der Waals surface area contributed by atoms with Gasteiger partial charge in [0.1, 0.15) is 8.24 Å². The van der Waals surface area contributed by atoms with Gasteiger partial charge in [-0.25, -0.2) is 0 Å². The summed E-state index contributed by atoms with van der Waals surface area (Å²) in [4.78, 5) is 0. The minimum absolute atomic E-state index is 1.18. The van der Waals surface area contributed by atoms with Crippen molar-refractivity contribution in [2.45, 2.75) is 33.0 Å². The predicted octanol–water partition coefficient (Wildman–Crippen LogP) is 3.74. The first-order chi connectivity index (χ1) is 6.55. The molecule has 0 aliphatic heterocycles. The summed E-state index contributed by atoms with van der Waals surface area (Å²) in [5.41, 5.74) is 1.38. The molecular formula is C12H21NSi. The van der Waals surface area contributed by atoms with Crippen LogP contribution in [0.3, 0.4) is 0 Å². The summed E-state index contributed by atoms with van der Waals surface area (Å²) in [6.07, 6.45) is 1.22. The van der Waals surface area contributed by atoms with Crippen molar-refractivity contribution in [3.05, 3.63) is 30.3 Å². The van der Waals surface area contributed by atoms with Crippen molar-refractivity contribution in [1.29, 1.82) is 0 Å². The second-order valence-corrected chi connectivity index (χ2v) is 9.54. The van der Waals surface area contributed by atoms with Crippen LogP contribution in [0, 0.1) is 0 Å². The molecular weight excluding hydrogens is 186 g/mol. The van der Waals surface area contributed by atoms with E-state index >= 15 is 0 Å². The highest BCUT2D eigenvalue weighted by Gasteiger charge is 2.22. The Morgan fingerprint density at radius 1 is 1.07 bits per heavy atom. The Morgan fingerprint density at radius 3 is 2.07 bits per heavy atom. The maximum absolute atomic E-state index is 2.59. The van der Waals surface area contributed by atoms with Gasteiger partial charge in [-0.2, -0.15) is 0 Å². The van der Waals surface area contributed by atoms with Crippen LogP contribution in [0.25, 0.3) is 0 Å². The molecule has 0 saturated heterocycles. The number of para-hydroxylation sites is 1. The number of rotatable bonds is 4. The van der Waals surface area contributed by atoms with Crippen LogP contribution in [-0.2, 0) is 0 Å². The Morgan fingerprint density at radius 2 is 1.64 bits per heavy atom. The van der Waals surface area contributed by atoms with Gasteiger partial charge in [-0.05, 0) is 18.6 Å². The third kappa shape index (κ3) is 2.88. The molecule has 1 rings (SSSR count). The molecule has 1 nitrogen and oxygen atoms in total. The molecule has 0 N–H and O–H groups in total. The predicted molar refractivity (Wildman–Crippen MR) is 67.4 cm³/mol. The third-order valence-electron chi connectivity index (χ3n) is 2.32. The van der Waals surface area contributed by atoms with Gasteiger partial charge in [-0.1, -0.05) is 44.8 Å². The van der Waals surface area contributed by atoms with Crippen LogP contribution < -0.4 is 4.57 Å². The smallest absolute Gasteiger partial charge is 0.147 e. The minimum atomic E-state index is -1.22. The lowest BCUT2D eigenvalue weighted by Crippen LogP contribution is -2.46. The second kappa shape index (κ2) is 4.65. The van der Waals surface area contributed by atoms with Crippen LogP contribution in [0.4, 0.5) is 5.69 Å². The monoisotopic (exact) mass is 207 g/mol. The van der Waals surface area contributed by atoms with Crippen molar-refractivity contribution in [3.8, 4) is 0 Å². The molecule has 78 valence electrons. The van der Waals surface area contributed by atoms with Crippen LogP contribution in [0.15, 0.2) is 30.3 Å². The van der Waals surface area contributed by atoms with Crippen LogP contribution in [-0.4, -0.2) is 14.8 Å². The average Bonchev–Trinajstić information content (AvgIpc) is 2.14. The molecule has 0 amide bonds. The first-order valence-corrected chi connectivity index (χ1v) is 8.83. The molecule has 0 radical (unpaired) electrons. The topological polar surface area (TPSA) is 3.24 Å². The summed E-state index contributed by atoms with van der Waals surface area (Å²) < 4.78 is 2.59. The van der Waals surface area contributed by atoms with Gasteiger partial charge in [0.25, 0.3) is 0 Å². The Balaban J connectivity index is 2.89. The normalized spacial score (nSPS) is 11.4. The van der Waals surface area contributed by atoms with E-state index in [4.69, 9.17) is 0 Å². The van der Waals surface area contributed by atoms with Crippen molar-refractivity contribution in [3.63, 3.8) is 0 Å². The van der Waals surface area contributed by atoms with Gasteiger partial charge in [0.05, 0.1) is 0 Å². The van der Waals surface area contributed by atoms with E-state index in [1.807, 2.05) is 0 Å². The summed E-state index contributed by atoms with van der Waals surface area (Å²) in [5.74, 6) is 0. The molecule has 0 aliphatic rings. The third-order valence-corrected chi connectivity index (χ3v) is 4.43. The highest BCUT2D eigenvalue weighted by Crippen LogP contribution is 2.21. The lowest BCUT2D eigenvalue weighted by molar-refractivity contribution is 0.902. The molecule has 2 heteroatoms. The molecule has 14 heavy (non-hydrogen) atoms. The number of benzene rings is 1. The lowest BCUT2D eigenvalue weighted by atomic mass is 10.3. The first kappa shape index (κ1) is 11.3. The van der Waals surface area contributed by atoms with Gasteiger partial charge in [0.15, 0.2) is 0 Å². The Kier molecular flexibility index (Phi) is 3.75. The van der Waals surface area contributed by atoms with E-state index in [0.717, 1.165) is 0 Å². The Labute approximate surface area is 88.8 Å². The van der Waals surface area contributed by atoms with Crippen LogP contribution >= 0.6 is 0 Å². The molecule has 0 unspecified atom stereocenters. The molecule has 1 aromatic rings. The lowest BCUT2D eigenvalue weighted by Gasteiger charge is -2.36. The maximum atomic E-state index is 2.59. The number of hydrogen-bond acceptors (Lipinski definition) is 1. The molecule has 0 atom stereocenters. The number of anilines is 1. The van der Waals surface area contributed by atoms with Crippen LogP contribution in [0.2, 0.25) is 19.6 Å². The van der Waals surface area contributed by atoms with E-state index < -0.39 is 8.24 Å². The van der Waals surface area contributed by atoms with Gasteiger partial charge in [-0.3, -0.25) is 0 Å². The Bertz CT molecular complexity index is 263. The van der Waals surface area contributed by atoms with E-state index in [-0.39, 0.29) is 0 Å². The molecule has 1 aromatic carbocycles. The van der Waals surface area contributed by atoms with Gasteiger partial charge < -0.3 is 4.57 Å². The summed E-state index contributed by atoms with van der Waals surface area (Å²) >= 11 is 0. The number of hydrogen-bond donors (Lipinski definition) is 0. The van der Waals surface area contributed by atoms with Crippen molar-refractivity contribution < 1.29 is 0 Å². The first-order valence-electron chi connectivity index (χ1n) is 5.38. The SMILES string of the molecule is CCCN(c1ccccc1)[Si](C)(C)C. The van der Waals surface area contributed by atoms with Gasteiger partial charge in [0, 0.05) is 12.2 Å². The van der Waals surface area contributed by atoms with Crippen molar-refractivity contribution in [1.82, 2.24) is 0 Å². The van der Waals surface area contributed by atoms with Crippen LogP contribution in [0.1, 0.15) is 13.3 Å². The zero-order chi connectivity index (χ0) is 10.6. The van der Waals surface area contributed by atoms with Crippen LogP contribution in [0.5, 0.6) is 0 Å². The summed E-state index contributed by atoms with van der Waals surface area (Å²) in [7, 11) is -1.22. The molecule has 0 saturated carbocycles. The molecule has 0 aliphatic carbocycles. The van der Waals surface area contributed by atoms with Gasteiger partial charge >= 0.3 is 0 Å². The van der Waals surface area contributed by atoms with E-state index in [2.05, 4.69) is 61.5 Å². The Hall–Kier alpha value is -0.763. The molecule has 0 bridgehead atoms. The fraction of sp³-hybridized carbons (Fsp3) is 0.500. The summed E-state index contributed by atoms with van der Waals surface area (Å²) in [6.45, 7) is 10.6. The van der Waals surface area contributed by atoms with Crippen molar-refractivity contribution >= 4 is 13.9 Å². The largest absolute Gasteiger partial charge is 0.398 e. The fourth-order valence-corrected chi connectivity index (χ4v) is 3.50. The quantitative estimate of drug-likeness (QED) is 0.680. The molecule has 0 heterocycles. The zero-order valence-electron chi connectivity index (χ0n) is 9.75. The van der Waals surface area contributed by atoms with E-state index in [9.17, 15) is 0 Å². The number of nitrogens with zero attached hydrogens (tertiary/aromatic N) is 1. The zero-order valence-corrected chi connectivity index (χ0v) is 10.7. The van der Waals surface area contributed by atoms with Gasteiger partial charge in [-0.15, -0.1) is 0 Å². The molecule has 0 spiro atoms. The summed E-state index contributed by atoms with van der Waals surface area (Å²) in [5, 5.41) is 0. The van der Waals surface area contributed by atoms with E-state index in [0.29, 0.717) is 0 Å².